The van der Waals surface area contributed by atoms with Crippen LogP contribution < -0.4 is 4.72 Å². The molecule has 0 radical (unpaired) electrons. The van der Waals surface area contributed by atoms with Crippen LogP contribution in [-0.2, 0) is 10.0 Å². The number of thiophene rings is 1. The third kappa shape index (κ3) is 4.95. The van der Waals surface area contributed by atoms with Crippen molar-refractivity contribution in [3.8, 4) is 0 Å². The third-order valence-electron chi connectivity index (χ3n) is 2.31. The lowest BCUT2D eigenvalue weighted by Gasteiger charge is -2.14. The molecule has 0 saturated carbocycles. The zero-order chi connectivity index (χ0) is 13.1. The average Bonchev–Trinajstić information content (AvgIpc) is 2.63. The maximum absolute atomic E-state index is 11.8. The Hall–Kier alpha value is -0.100. The molecule has 1 aromatic heterocycles. The SMILES string of the molecule is Cc1ccc(C(C)NS(=O)(=O)CC(C)CCl)s1. The Kier molecular flexibility index (Phi) is 5.44. The van der Waals surface area contributed by atoms with Gasteiger partial charge in [-0.2, -0.15) is 0 Å². The third-order valence-corrected chi connectivity index (χ3v) is 5.74. The molecule has 0 aliphatic heterocycles. The summed E-state index contributed by atoms with van der Waals surface area (Å²) in [6.45, 7) is 5.69. The maximum Gasteiger partial charge on any atom is 0.212 e. The molecule has 0 spiro atoms. The summed E-state index contributed by atoms with van der Waals surface area (Å²) in [6.07, 6.45) is 0. The monoisotopic (exact) mass is 295 g/mol. The Morgan fingerprint density at radius 3 is 2.53 bits per heavy atom. The van der Waals surface area contributed by atoms with Crippen LogP contribution in [0.15, 0.2) is 12.1 Å². The van der Waals surface area contributed by atoms with Gasteiger partial charge < -0.3 is 0 Å². The van der Waals surface area contributed by atoms with Crippen molar-refractivity contribution in [2.45, 2.75) is 26.8 Å². The molecule has 0 bridgehead atoms. The van der Waals surface area contributed by atoms with E-state index >= 15 is 0 Å². The fraction of sp³-hybridized carbons (Fsp3) is 0.636. The topological polar surface area (TPSA) is 46.2 Å². The highest BCUT2D eigenvalue weighted by Crippen LogP contribution is 2.23. The zero-order valence-corrected chi connectivity index (χ0v) is 12.6. The molecule has 1 heterocycles. The van der Waals surface area contributed by atoms with E-state index in [-0.39, 0.29) is 17.7 Å². The van der Waals surface area contributed by atoms with Gasteiger partial charge in [-0.15, -0.1) is 22.9 Å². The standard InChI is InChI=1S/C11H18ClNO2S2/c1-8(6-12)7-17(14,15)13-10(3)11-5-4-9(2)16-11/h4-5,8,10,13H,6-7H2,1-3H3. The van der Waals surface area contributed by atoms with Crippen LogP contribution in [0.25, 0.3) is 0 Å². The number of hydrogen-bond acceptors (Lipinski definition) is 3. The van der Waals surface area contributed by atoms with E-state index in [0.29, 0.717) is 5.88 Å². The van der Waals surface area contributed by atoms with Gasteiger partial charge in [0.05, 0.1) is 11.8 Å². The van der Waals surface area contributed by atoms with Gasteiger partial charge in [-0.25, -0.2) is 13.1 Å². The first-order chi connectivity index (χ1) is 7.84. The van der Waals surface area contributed by atoms with Crippen LogP contribution in [-0.4, -0.2) is 20.1 Å². The van der Waals surface area contributed by atoms with Crippen LogP contribution in [0, 0.1) is 12.8 Å². The number of sulfonamides is 1. The van der Waals surface area contributed by atoms with E-state index in [1.165, 1.54) is 4.88 Å². The summed E-state index contributed by atoms with van der Waals surface area (Å²) >= 11 is 7.23. The molecule has 6 heteroatoms. The molecule has 1 aromatic rings. The highest BCUT2D eigenvalue weighted by atomic mass is 35.5. The Morgan fingerprint density at radius 2 is 2.06 bits per heavy atom. The van der Waals surface area contributed by atoms with E-state index < -0.39 is 10.0 Å². The van der Waals surface area contributed by atoms with Crippen molar-refractivity contribution < 1.29 is 8.42 Å². The molecular weight excluding hydrogens is 278 g/mol. The zero-order valence-electron chi connectivity index (χ0n) is 10.2. The number of nitrogens with one attached hydrogen (secondary N) is 1. The van der Waals surface area contributed by atoms with Crippen molar-refractivity contribution >= 4 is 33.0 Å². The molecule has 2 unspecified atom stereocenters. The number of halogens is 1. The lowest BCUT2D eigenvalue weighted by Crippen LogP contribution is -2.31. The van der Waals surface area contributed by atoms with Gasteiger partial charge >= 0.3 is 0 Å². The van der Waals surface area contributed by atoms with E-state index in [1.54, 1.807) is 11.3 Å². The first kappa shape index (κ1) is 15.0. The van der Waals surface area contributed by atoms with Gasteiger partial charge in [0, 0.05) is 15.6 Å². The van der Waals surface area contributed by atoms with Crippen molar-refractivity contribution in [1.82, 2.24) is 4.72 Å². The van der Waals surface area contributed by atoms with Crippen LogP contribution in [0.4, 0.5) is 0 Å². The van der Waals surface area contributed by atoms with Crippen molar-refractivity contribution in [3.05, 3.63) is 21.9 Å². The predicted molar refractivity (Wildman–Crippen MR) is 74.3 cm³/mol. The molecule has 1 N–H and O–H groups in total. The van der Waals surface area contributed by atoms with Gasteiger partial charge in [0.25, 0.3) is 0 Å². The molecule has 0 aliphatic carbocycles. The fourth-order valence-corrected chi connectivity index (χ4v) is 4.30. The van der Waals surface area contributed by atoms with Crippen molar-refractivity contribution in [3.63, 3.8) is 0 Å². The molecule has 17 heavy (non-hydrogen) atoms. The Labute approximate surface area is 112 Å². The second-order valence-corrected chi connectivity index (χ2v) is 7.76. The molecule has 98 valence electrons. The molecule has 0 amide bonds. The highest BCUT2D eigenvalue weighted by molar-refractivity contribution is 7.89. The van der Waals surface area contributed by atoms with Crippen LogP contribution in [0.1, 0.15) is 29.6 Å². The number of hydrogen-bond donors (Lipinski definition) is 1. The first-order valence-electron chi connectivity index (χ1n) is 5.46. The minimum Gasteiger partial charge on any atom is -0.212 e. The molecule has 0 aromatic carbocycles. The smallest absolute Gasteiger partial charge is 0.212 e. The summed E-state index contributed by atoms with van der Waals surface area (Å²) < 4.78 is 26.3. The van der Waals surface area contributed by atoms with Crippen LogP contribution in [0.5, 0.6) is 0 Å². The van der Waals surface area contributed by atoms with Gasteiger partial charge in [0.1, 0.15) is 0 Å². The minimum absolute atomic E-state index is 0.0357. The number of aryl methyl sites for hydroxylation is 1. The van der Waals surface area contributed by atoms with E-state index in [1.807, 2.05) is 32.9 Å². The van der Waals surface area contributed by atoms with Gasteiger partial charge in [0.15, 0.2) is 0 Å². The van der Waals surface area contributed by atoms with Crippen LogP contribution in [0.3, 0.4) is 0 Å². The summed E-state index contributed by atoms with van der Waals surface area (Å²) in [5.41, 5.74) is 0. The van der Waals surface area contributed by atoms with Gasteiger partial charge in [-0.3, -0.25) is 0 Å². The minimum atomic E-state index is -3.26. The van der Waals surface area contributed by atoms with Gasteiger partial charge in [-0.1, -0.05) is 6.92 Å². The van der Waals surface area contributed by atoms with Crippen molar-refractivity contribution in [2.24, 2.45) is 5.92 Å². The maximum atomic E-state index is 11.8. The summed E-state index contributed by atoms with van der Waals surface area (Å²) in [5, 5.41) is 0. The van der Waals surface area contributed by atoms with Crippen molar-refractivity contribution in [1.29, 1.82) is 0 Å². The second-order valence-electron chi connectivity index (χ2n) is 4.33. The Morgan fingerprint density at radius 1 is 1.41 bits per heavy atom. The van der Waals surface area contributed by atoms with Crippen LogP contribution >= 0.6 is 22.9 Å². The van der Waals surface area contributed by atoms with E-state index in [2.05, 4.69) is 4.72 Å². The lowest BCUT2D eigenvalue weighted by atomic mass is 10.3. The highest BCUT2D eigenvalue weighted by Gasteiger charge is 2.19. The summed E-state index contributed by atoms with van der Waals surface area (Å²) in [5.74, 6) is 0.393. The Balaban J connectivity index is 2.64. The first-order valence-corrected chi connectivity index (χ1v) is 8.46. The lowest BCUT2D eigenvalue weighted by molar-refractivity contribution is 0.556. The largest absolute Gasteiger partial charge is 0.212 e. The molecule has 0 fully saturated rings. The summed E-state index contributed by atoms with van der Waals surface area (Å²) in [6, 6.07) is 3.77. The van der Waals surface area contributed by atoms with E-state index in [4.69, 9.17) is 11.6 Å². The van der Waals surface area contributed by atoms with E-state index in [0.717, 1.165) is 4.88 Å². The van der Waals surface area contributed by atoms with Gasteiger partial charge in [-0.05, 0) is 31.9 Å². The summed E-state index contributed by atoms with van der Waals surface area (Å²) in [7, 11) is -3.26. The second kappa shape index (κ2) is 6.18. The molecule has 3 nitrogen and oxygen atoms in total. The summed E-state index contributed by atoms with van der Waals surface area (Å²) in [4.78, 5) is 2.21. The van der Waals surface area contributed by atoms with Crippen LogP contribution in [0.2, 0.25) is 0 Å². The molecular formula is C11H18ClNO2S2. The average molecular weight is 296 g/mol. The molecule has 2 atom stereocenters. The van der Waals surface area contributed by atoms with E-state index in [9.17, 15) is 8.42 Å². The Bertz CT molecular complexity index is 456. The molecule has 0 saturated heterocycles. The predicted octanol–water partition coefficient (Wildman–Crippen LogP) is 2.91. The quantitative estimate of drug-likeness (QED) is 0.820. The number of alkyl halides is 1. The number of rotatable bonds is 6. The molecule has 0 aliphatic rings. The normalized spacial score (nSPS) is 15.8. The van der Waals surface area contributed by atoms with Crippen molar-refractivity contribution in [2.75, 3.05) is 11.6 Å². The molecule has 1 rings (SSSR count). The fourth-order valence-electron chi connectivity index (χ4n) is 1.48. The van der Waals surface area contributed by atoms with Gasteiger partial charge in [0.2, 0.25) is 10.0 Å².